The van der Waals surface area contributed by atoms with Crippen LogP contribution in [-0.4, -0.2) is 79.3 Å². The van der Waals surface area contributed by atoms with E-state index in [0.717, 1.165) is 12.0 Å². The summed E-state index contributed by atoms with van der Waals surface area (Å²) in [6.45, 7) is 5.88. The third-order valence-corrected chi connectivity index (χ3v) is 7.96. The van der Waals surface area contributed by atoms with Crippen molar-refractivity contribution in [2.45, 2.75) is 38.4 Å². The molecule has 0 N–H and O–H groups in total. The van der Waals surface area contributed by atoms with Crippen LogP contribution in [0.3, 0.4) is 0 Å². The minimum atomic E-state index is -3.55. The van der Waals surface area contributed by atoms with Crippen LogP contribution in [0.1, 0.15) is 31.7 Å². The van der Waals surface area contributed by atoms with Gasteiger partial charge in [0.1, 0.15) is 5.82 Å². The molecule has 9 heteroatoms. The average Bonchev–Trinajstić information content (AvgIpc) is 3.48. The highest BCUT2D eigenvalue weighted by atomic mass is 32.2. The maximum absolute atomic E-state index is 13.1. The molecule has 0 spiro atoms. The molecule has 7 nitrogen and oxygen atoms in total. The summed E-state index contributed by atoms with van der Waals surface area (Å²) >= 11 is 0. The maximum atomic E-state index is 13.1. The van der Waals surface area contributed by atoms with E-state index >= 15 is 0 Å². The van der Waals surface area contributed by atoms with Gasteiger partial charge in [-0.1, -0.05) is 12.1 Å². The Morgan fingerprint density at radius 1 is 1.00 bits per heavy atom. The number of piperazine rings is 1. The first-order chi connectivity index (χ1) is 13.8. The van der Waals surface area contributed by atoms with Crippen molar-refractivity contribution in [3.05, 3.63) is 35.6 Å². The molecule has 29 heavy (non-hydrogen) atoms. The summed E-state index contributed by atoms with van der Waals surface area (Å²) in [7, 11) is -3.55. The quantitative estimate of drug-likeness (QED) is 0.732. The molecule has 2 aliphatic heterocycles. The largest absolute Gasteiger partial charge is 0.373 e. The lowest BCUT2D eigenvalue weighted by Gasteiger charge is -2.40. The lowest BCUT2D eigenvalue weighted by atomic mass is 10.1. The number of ether oxygens (including phenoxy) is 1. The van der Waals surface area contributed by atoms with E-state index in [2.05, 4.69) is 0 Å². The Kier molecular flexibility index (Phi) is 5.67. The number of amides is 1. The number of hydrogen-bond donors (Lipinski definition) is 0. The zero-order chi connectivity index (χ0) is 20.8. The van der Waals surface area contributed by atoms with E-state index in [1.165, 1.54) is 20.7 Å². The molecule has 0 aromatic heterocycles. The molecule has 1 aromatic carbocycles. The fourth-order valence-electron chi connectivity index (χ4n) is 4.40. The number of carbonyl (C=O) groups is 1. The molecule has 0 bridgehead atoms. The Hall–Kier alpha value is -1.55. The van der Waals surface area contributed by atoms with E-state index in [0.29, 0.717) is 39.3 Å². The van der Waals surface area contributed by atoms with E-state index in [1.807, 2.05) is 13.8 Å². The Morgan fingerprint density at radius 3 is 2.17 bits per heavy atom. The molecule has 1 amide bonds. The van der Waals surface area contributed by atoms with Crippen molar-refractivity contribution >= 4 is 16.1 Å². The van der Waals surface area contributed by atoms with Gasteiger partial charge in [-0.15, -0.1) is 0 Å². The molecular weight excluding hydrogens is 397 g/mol. The van der Waals surface area contributed by atoms with Crippen LogP contribution in [-0.2, 0) is 19.7 Å². The molecule has 4 unspecified atom stereocenters. The predicted molar refractivity (Wildman–Crippen MR) is 106 cm³/mol. The lowest BCUT2D eigenvalue weighted by molar-refractivity contribution is -0.133. The number of benzene rings is 1. The normalized spacial score (nSPS) is 31.6. The third-order valence-electron chi connectivity index (χ3n) is 5.99. The minimum absolute atomic E-state index is 0.0741. The summed E-state index contributed by atoms with van der Waals surface area (Å²) in [6, 6.07) is 6.32. The molecule has 1 aromatic rings. The van der Waals surface area contributed by atoms with Crippen LogP contribution in [0.2, 0.25) is 0 Å². The Morgan fingerprint density at radius 2 is 1.59 bits per heavy atom. The highest BCUT2D eigenvalue weighted by Crippen LogP contribution is 2.48. The van der Waals surface area contributed by atoms with Gasteiger partial charge in [0, 0.05) is 45.2 Å². The highest BCUT2D eigenvalue weighted by molar-refractivity contribution is 7.86. The summed E-state index contributed by atoms with van der Waals surface area (Å²) < 4.78 is 47.7. The van der Waals surface area contributed by atoms with E-state index in [9.17, 15) is 17.6 Å². The van der Waals surface area contributed by atoms with Crippen molar-refractivity contribution in [3.63, 3.8) is 0 Å². The van der Waals surface area contributed by atoms with Gasteiger partial charge in [-0.3, -0.25) is 4.79 Å². The zero-order valence-electron chi connectivity index (χ0n) is 16.8. The summed E-state index contributed by atoms with van der Waals surface area (Å²) in [5.41, 5.74) is 0.988. The van der Waals surface area contributed by atoms with Crippen LogP contribution >= 0.6 is 0 Å². The average molecular weight is 426 g/mol. The van der Waals surface area contributed by atoms with E-state index in [1.54, 1.807) is 17.0 Å². The molecule has 2 saturated heterocycles. The molecule has 1 aliphatic carbocycles. The van der Waals surface area contributed by atoms with Crippen molar-refractivity contribution in [2.24, 2.45) is 5.92 Å². The van der Waals surface area contributed by atoms with Crippen LogP contribution in [0.25, 0.3) is 0 Å². The maximum Gasteiger partial charge on any atom is 0.282 e. The summed E-state index contributed by atoms with van der Waals surface area (Å²) in [6.07, 6.45) is 0.510. The van der Waals surface area contributed by atoms with Gasteiger partial charge >= 0.3 is 0 Å². The number of halogens is 1. The van der Waals surface area contributed by atoms with E-state index in [-0.39, 0.29) is 35.8 Å². The lowest BCUT2D eigenvalue weighted by Crippen LogP contribution is -2.57. The topological polar surface area (TPSA) is 70.2 Å². The third kappa shape index (κ3) is 4.33. The van der Waals surface area contributed by atoms with Gasteiger partial charge in [0.05, 0.1) is 12.2 Å². The molecule has 4 rings (SSSR count). The Bertz CT molecular complexity index is 845. The first kappa shape index (κ1) is 20.7. The minimum Gasteiger partial charge on any atom is -0.373 e. The monoisotopic (exact) mass is 425 g/mol. The predicted octanol–water partition coefficient (Wildman–Crippen LogP) is 1.43. The van der Waals surface area contributed by atoms with Crippen LogP contribution in [0, 0.1) is 11.7 Å². The molecule has 160 valence electrons. The van der Waals surface area contributed by atoms with Crippen molar-refractivity contribution < 1.29 is 22.3 Å². The van der Waals surface area contributed by atoms with Gasteiger partial charge in [-0.2, -0.15) is 17.0 Å². The standard InChI is InChI=1S/C20H28FN3O4S/c1-14-12-24(13-15(2)28-14)29(26,27)23-9-7-22(8-10-23)20(25)19-11-18(19)16-3-5-17(21)6-4-16/h3-6,14-15,18-19H,7-13H2,1-2H3. The summed E-state index contributed by atoms with van der Waals surface area (Å²) in [5, 5.41) is 0. The first-order valence-corrected chi connectivity index (χ1v) is 11.6. The SMILES string of the molecule is CC1CN(S(=O)(=O)N2CCN(C(=O)C3CC3c3ccc(F)cc3)CC2)CC(C)O1. The van der Waals surface area contributed by atoms with Gasteiger partial charge < -0.3 is 9.64 Å². The number of hydrogen-bond acceptors (Lipinski definition) is 4. The summed E-state index contributed by atoms with van der Waals surface area (Å²) in [5.74, 6) is -0.144. The fraction of sp³-hybridized carbons (Fsp3) is 0.650. The van der Waals surface area contributed by atoms with Gasteiger partial charge in [0.15, 0.2) is 0 Å². The smallest absolute Gasteiger partial charge is 0.282 e. The Labute approximate surface area is 171 Å². The van der Waals surface area contributed by atoms with Gasteiger partial charge in [0.2, 0.25) is 5.91 Å². The van der Waals surface area contributed by atoms with Crippen LogP contribution in [0.5, 0.6) is 0 Å². The van der Waals surface area contributed by atoms with Crippen molar-refractivity contribution in [1.82, 2.24) is 13.5 Å². The molecule has 1 saturated carbocycles. The fourth-order valence-corrected chi connectivity index (χ4v) is 6.15. The van der Waals surface area contributed by atoms with Gasteiger partial charge in [0.25, 0.3) is 10.2 Å². The van der Waals surface area contributed by atoms with Crippen LogP contribution in [0.4, 0.5) is 4.39 Å². The van der Waals surface area contributed by atoms with Gasteiger partial charge in [-0.05, 0) is 43.9 Å². The van der Waals surface area contributed by atoms with Crippen LogP contribution in [0.15, 0.2) is 24.3 Å². The first-order valence-electron chi connectivity index (χ1n) is 10.2. The zero-order valence-corrected chi connectivity index (χ0v) is 17.6. The Balaban J connectivity index is 1.32. The van der Waals surface area contributed by atoms with Gasteiger partial charge in [-0.25, -0.2) is 4.39 Å². The van der Waals surface area contributed by atoms with Crippen molar-refractivity contribution in [3.8, 4) is 0 Å². The highest BCUT2D eigenvalue weighted by Gasteiger charge is 2.46. The van der Waals surface area contributed by atoms with E-state index in [4.69, 9.17) is 4.74 Å². The summed E-state index contributed by atoms with van der Waals surface area (Å²) in [4.78, 5) is 14.6. The second-order valence-corrected chi connectivity index (χ2v) is 10.2. The second kappa shape index (κ2) is 7.94. The molecule has 4 atom stereocenters. The number of morpholine rings is 1. The number of rotatable bonds is 4. The van der Waals surface area contributed by atoms with Crippen molar-refractivity contribution in [2.75, 3.05) is 39.3 Å². The molecule has 2 heterocycles. The molecule has 3 fully saturated rings. The number of nitrogens with zero attached hydrogens (tertiary/aromatic N) is 3. The van der Waals surface area contributed by atoms with E-state index < -0.39 is 10.2 Å². The number of carbonyl (C=O) groups excluding carboxylic acids is 1. The molecular formula is C20H28FN3O4S. The molecule has 0 radical (unpaired) electrons. The molecule has 3 aliphatic rings. The van der Waals surface area contributed by atoms with Crippen molar-refractivity contribution in [1.29, 1.82) is 0 Å². The van der Waals surface area contributed by atoms with Crippen LogP contribution < -0.4 is 0 Å². The second-order valence-electron chi connectivity index (χ2n) is 8.31.